The molecule has 0 atom stereocenters. The Morgan fingerprint density at radius 3 is 2.43 bits per heavy atom. The third kappa shape index (κ3) is 6.95. The number of rotatable bonds is 11. The van der Waals surface area contributed by atoms with Crippen molar-refractivity contribution in [1.82, 2.24) is 24.0 Å². The number of aryl methyl sites for hydroxylation is 1. The number of sulfonamides is 1. The molecule has 1 fully saturated rings. The second-order valence-electron chi connectivity index (χ2n) is 14.2. The summed E-state index contributed by atoms with van der Waals surface area (Å²) in [4.78, 5) is 29.5. The molecule has 0 unspecified atom stereocenters. The fraction of sp³-hybridized carbons (Fsp3) is 0.462. The number of aromatic nitrogens is 3. The highest BCUT2D eigenvalue weighted by Gasteiger charge is 2.32. The summed E-state index contributed by atoms with van der Waals surface area (Å²) in [7, 11) is 1.28. The van der Waals surface area contributed by atoms with Gasteiger partial charge in [-0.3, -0.25) is 14.3 Å². The van der Waals surface area contributed by atoms with Crippen LogP contribution in [0, 0.1) is 0 Å². The molecule has 4 aromatic rings. The van der Waals surface area contributed by atoms with Crippen LogP contribution in [0.3, 0.4) is 0 Å². The first-order chi connectivity index (χ1) is 24.4. The minimum Gasteiger partial charge on any atom is -0.497 e. The number of ether oxygens (including phenoxy) is 2. The molecule has 2 aromatic carbocycles. The molecule has 1 aliphatic carbocycles. The molecule has 1 saturated carbocycles. The second-order valence-corrected chi connectivity index (χ2v) is 16.4. The fourth-order valence-corrected chi connectivity index (χ4v) is 8.16. The minimum atomic E-state index is -3.84. The van der Waals surface area contributed by atoms with Crippen molar-refractivity contribution in [3.8, 4) is 17.0 Å². The lowest BCUT2D eigenvalue weighted by molar-refractivity contribution is 0.0634. The minimum absolute atomic E-state index is 0.0593. The largest absolute Gasteiger partial charge is 0.497 e. The van der Waals surface area contributed by atoms with Gasteiger partial charge in [-0.15, -0.1) is 0 Å². The number of allylic oxidation sites excluding steroid dienone is 1. The van der Waals surface area contributed by atoms with Gasteiger partial charge in [0.1, 0.15) is 5.75 Å². The smallest absolute Gasteiger partial charge is 0.264 e. The number of nitrogens with zero attached hydrogens (tertiary/aromatic N) is 4. The summed E-state index contributed by atoms with van der Waals surface area (Å²) in [5, 5.41) is 4.87. The molecule has 3 heterocycles. The summed E-state index contributed by atoms with van der Waals surface area (Å²) in [6, 6.07) is 11.5. The Bertz CT molecular complexity index is 2100. The average molecular weight is 716 g/mol. The number of methoxy groups -OCH3 is 2. The van der Waals surface area contributed by atoms with Crippen LogP contribution >= 0.6 is 0 Å². The van der Waals surface area contributed by atoms with Gasteiger partial charge in [-0.1, -0.05) is 25.3 Å². The summed E-state index contributed by atoms with van der Waals surface area (Å²) >= 11 is 0. The van der Waals surface area contributed by atoms with Gasteiger partial charge in [-0.2, -0.15) is 5.10 Å². The summed E-state index contributed by atoms with van der Waals surface area (Å²) in [5.41, 5.74) is 7.41. The molecule has 1 N–H and O–H groups in total. The average Bonchev–Trinajstić information content (AvgIpc) is 3.59. The normalized spacial score (nSPS) is 15.0. The van der Waals surface area contributed by atoms with E-state index in [9.17, 15) is 18.0 Å². The third-order valence-electron chi connectivity index (χ3n) is 10.3. The van der Waals surface area contributed by atoms with Gasteiger partial charge in [0.15, 0.2) is 0 Å². The van der Waals surface area contributed by atoms with E-state index < -0.39 is 21.2 Å². The molecule has 1 aliphatic heterocycles. The lowest BCUT2D eigenvalue weighted by atomic mass is 9.81. The van der Waals surface area contributed by atoms with Crippen LogP contribution in [0.4, 0.5) is 0 Å². The van der Waals surface area contributed by atoms with Crippen molar-refractivity contribution < 1.29 is 27.5 Å². The topological polar surface area (TPSA) is 125 Å². The molecule has 6 rings (SSSR count). The molecule has 0 spiro atoms. The summed E-state index contributed by atoms with van der Waals surface area (Å²) < 4.78 is 42.7. The van der Waals surface area contributed by atoms with Crippen molar-refractivity contribution in [1.29, 1.82) is 0 Å². The highest BCUT2D eigenvalue weighted by atomic mass is 32.2. The van der Waals surface area contributed by atoms with E-state index in [1.807, 2.05) is 45.2 Å². The second kappa shape index (κ2) is 14.7. The lowest BCUT2D eigenvalue weighted by Crippen LogP contribution is -2.39. The Labute approximate surface area is 300 Å². The highest BCUT2D eigenvalue weighted by Crippen LogP contribution is 2.48. The van der Waals surface area contributed by atoms with E-state index in [0.717, 1.165) is 59.0 Å². The van der Waals surface area contributed by atoms with Crippen molar-refractivity contribution in [3.05, 3.63) is 70.5 Å². The van der Waals surface area contributed by atoms with E-state index in [1.54, 1.807) is 36.1 Å². The zero-order valence-corrected chi connectivity index (χ0v) is 31.5. The van der Waals surface area contributed by atoms with Gasteiger partial charge in [0.05, 0.1) is 48.7 Å². The maximum Gasteiger partial charge on any atom is 0.264 e. The Hall–Kier alpha value is -4.42. The van der Waals surface area contributed by atoms with Gasteiger partial charge in [-0.05, 0) is 99.6 Å². The molecule has 2 amide bonds. The first-order valence-electron chi connectivity index (χ1n) is 17.8. The van der Waals surface area contributed by atoms with Crippen molar-refractivity contribution in [2.75, 3.05) is 27.4 Å². The Balaban J connectivity index is 1.59. The summed E-state index contributed by atoms with van der Waals surface area (Å²) in [6.45, 7) is 8.28. The van der Waals surface area contributed by atoms with Crippen LogP contribution in [0.1, 0.15) is 103 Å². The Kier molecular flexibility index (Phi) is 10.5. The molecule has 51 heavy (non-hydrogen) atoms. The number of nitrogens with one attached hydrogen (secondary N) is 1. The number of amides is 2. The molecule has 12 heteroatoms. The van der Waals surface area contributed by atoms with Gasteiger partial charge in [0, 0.05) is 48.8 Å². The predicted molar refractivity (Wildman–Crippen MR) is 200 cm³/mol. The molecule has 272 valence electrons. The summed E-state index contributed by atoms with van der Waals surface area (Å²) in [6.07, 6.45) is 9.35. The third-order valence-corrected chi connectivity index (χ3v) is 12.0. The first-order valence-corrected chi connectivity index (χ1v) is 19.3. The SMILES string of the molecule is COCCN(C(=O)c1cnn(C)c1C1=Cc2cc(OC)ccc2-c2c(C3CCCCC3)c3ccc(C(=O)NS(=O)(=O)C(C)C)cc3n2C1)C(C)C. The molecule has 0 bridgehead atoms. The number of fused-ring (bicyclic) bond motifs is 5. The maximum atomic E-state index is 14.2. The van der Waals surface area contributed by atoms with E-state index in [2.05, 4.69) is 26.5 Å². The van der Waals surface area contributed by atoms with Gasteiger partial charge in [0.2, 0.25) is 10.0 Å². The van der Waals surface area contributed by atoms with Crippen LogP contribution in [0.2, 0.25) is 0 Å². The predicted octanol–water partition coefficient (Wildman–Crippen LogP) is 6.62. The first kappa shape index (κ1) is 36.4. The highest BCUT2D eigenvalue weighted by molar-refractivity contribution is 7.90. The number of hydrogen-bond acceptors (Lipinski definition) is 7. The number of hydrogen-bond donors (Lipinski definition) is 1. The zero-order valence-electron chi connectivity index (χ0n) is 30.7. The standard InChI is InChI=1S/C39H49N5O6S/c1-24(2)43(17-18-49-6)39(46)33-22-40-42(5)36(33)29-19-28-20-30(50-7)14-16-31(28)37-35(26-11-9-8-10-12-26)32-15-13-27(21-34(32)44(37)23-29)38(45)41-51(47,48)25(3)4/h13-16,19-22,24-26H,8-12,17-18,23H2,1-7H3,(H,41,45). The van der Waals surface area contributed by atoms with E-state index in [1.165, 1.54) is 25.8 Å². The monoisotopic (exact) mass is 715 g/mol. The van der Waals surface area contributed by atoms with E-state index in [4.69, 9.17) is 9.47 Å². The summed E-state index contributed by atoms with van der Waals surface area (Å²) in [5.74, 6) is 0.223. The van der Waals surface area contributed by atoms with E-state index in [0.29, 0.717) is 42.6 Å². The molecule has 2 aromatic heterocycles. The van der Waals surface area contributed by atoms with Crippen molar-refractivity contribution in [3.63, 3.8) is 0 Å². The van der Waals surface area contributed by atoms with Crippen LogP contribution < -0.4 is 9.46 Å². The van der Waals surface area contributed by atoms with Crippen LogP contribution in [0.5, 0.6) is 5.75 Å². The fourth-order valence-electron chi connectivity index (χ4n) is 7.55. The van der Waals surface area contributed by atoms with Gasteiger partial charge in [0.25, 0.3) is 11.8 Å². The zero-order chi connectivity index (χ0) is 36.6. The van der Waals surface area contributed by atoms with Gasteiger partial charge < -0.3 is 18.9 Å². The van der Waals surface area contributed by atoms with Crippen LogP contribution in [-0.2, 0) is 28.4 Å². The number of carbonyl (C=O) groups is 2. The van der Waals surface area contributed by atoms with Crippen LogP contribution in [-0.4, -0.2) is 78.1 Å². The van der Waals surface area contributed by atoms with E-state index in [-0.39, 0.29) is 17.5 Å². The lowest BCUT2D eigenvalue weighted by Gasteiger charge is -2.26. The molecular weight excluding hydrogens is 667 g/mol. The quantitative estimate of drug-likeness (QED) is 0.185. The van der Waals surface area contributed by atoms with E-state index >= 15 is 0 Å². The maximum absolute atomic E-state index is 14.2. The molecule has 0 radical (unpaired) electrons. The molecule has 11 nitrogen and oxygen atoms in total. The van der Waals surface area contributed by atoms with Crippen LogP contribution in [0.25, 0.3) is 33.8 Å². The molecule has 2 aliphatic rings. The molecular formula is C39H49N5O6S. The van der Waals surface area contributed by atoms with Gasteiger partial charge >= 0.3 is 0 Å². The van der Waals surface area contributed by atoms with Crippen molar-refractivity contribution in [2.24, 2.45) is 7.05 Å². The van der Waals surface area contributed by atoms with Gasteiger partial charge in [-0.25, -0.2) is 13.1 Å². The van der Waals surface area contributed by atoms with Crippen LogP contribution in [0.15, 0.2) is 42.6 Å². The van der Waals surface area contributed by atoms with Crippen molar-refractivity contribution >= 4 is 44.4 Å². The molecule has 0 saturated heterocycles. The number of benzene rings is 2. The Morgan fingerprint density at radius 1 is 1.02 bits per heavy atom. The number of carbonyl (C=O) groups excluding carboxylic acids is 2. The van der Waals surface area contributed by atoms with Crippen molar-refractivity contribution in [2.45, 2.75) is 83.6 Å². The Morgan fingerprint density at radius 2 is 1.76 bits per heavy atom.